The van der Waals surface area contributed by atoms with Crippen molar-refractivity contribution in [2.45, 2.75) is 18.5 Å². The maximum absolute atomic E-state index is 12.0. The highest BCUT2D eigenvalue weighted by Gasteiger charge is 2.37. The summed E-state index contributed by atoms with van der Waals surface area (Å²) in [6.07, 6.45) is 0.952. The Bertz CT molecular complexity index is 765. The van der Waals surface area contributed by atoms with E-state index in [4.69, 9.17) is 0 Å². The average molecular weight is 333 g/mol. The van der Waals surface area contributed by atoms with Gasteiger partial charge in [0.15, 0.2) is 0 Å². The molecule has 0 aromatic heterocycles. The number of hydrogen-bond acceptors (Lipinski definition) is 3. The van der Waals surface area contributed by atoms with Crippen LogP contribution in [0, 0.1) is 0 Å². The maximum atomic E-state index is 12.0. The van der Waals surface area contributed by atoms with Gasteiger partial charge in [-0.2, -0.15) is 0 Å². The predicted octanol–water partition coefficient (Wildman–Crippen LogP) is 2.26. The molecule has 4 nitrogen and oxygen atoms in total. The van der Waals surface area contributed by atoms with Gasteiger partial charge in [-0.1, -0.05) is 48.5 Å². The average Bonchev–Trinajstić information content (AvgIpc) is 3.23. The number of benzene rings is 2. The Labute approximate surface area is 148 Å². The highest BCUT2D eigenvalue weighted by molar-refractivity contribution is 5.83. The zero-order valence-electron chi connectivity index (χ0n) is 14.3. The zero-order valence-corrected chi connectivity index (χ0v) is 14.3. The van der Waals surface area contributed by atoms with Crippen molar-refractivity contribution in [3.8, 4) is 11.1 Å². The monoisotopic (exact) mass is 333 g/mol. The standard InChI is InChI=1S/C21H23N3O/c25-21-19(9-10-22-21)23-11-13-24(14-12-23)20-17-7-3-1-5-15(17)16-6-2-4-8-18(16)20/h1-8,19-20H,9-14H2,(H,22,25)/t19-/m0/s1. The minimum absolute atomic E-state index is 0.0882. The molecule has 2 aromatic rings. The lowest BCUT2D eigenvalue weighted by atomic mass is 10.0. The molecule has 0 bridgehead atoms. The fourth-order valence-electron chi connectivity index (χ4n) is 4.76. The Kier molecular flexibility index (Phi) is 3.61. The van der Waals surface area contributed by atoms with Gasteiger partial charge in [0.05, 0.1) is 12.1 Å². The Balaban J connectivity index is 1.40. The van der Waals surface area contributed by atoms with Crippen LogP contribution in [0.25, 0.3) is 11.1 Å². The van der Waals surface area contributed by atoms with Crippen molar-refractivity contribution < 1.29 is 4.79 Å². The van der Waals surface area contributed by atoms with Gasteiger partial charge in [0.1, 0.15) is 0 Å². The second-order valence-corrected chi connectivity index (χ2v) is 7.24. The molecule has 2 aliphatic heterocycles. The molecule has 3 aliphatic rings. The van der Waals surface area contributed by atoms with Crippen LogP contribution in [-0.4, -0.2) is 54.5 Å². The first-order valence-corrected chi connectivity index (χ1v) is 9.27. The van der Waals surface area contributed by atoms with Crippen LogP contribution >= 0.6 is 0 Å². The Morgan fingerprint density at radius 1 is 0.800 bits per heavy atom. The van der Waals surface area contributed by atoms with Gasteiger partial charge in [0, 0.05) is 32.7 Å². The van der Waals surface area contributed by atoms with E-state index in [9.17, 15) is 4.79 Å². The summed E-state index contributed by atoms with van der Waals surface area (Å²) < 4.78 is 0. The molecule has 2 fully saturated rings. The van der Waals surface area contributed by atoms with Crippen molar-refractivity contribution >= 4 is 5.91 Å². The van der Waals surface area contributed by atoms with Crippen LogP contribution in [-0.2, 0) is 4.79 Å². The van der Waals surface area contributed by atoms with Crippen LogP contribution in [0.5, 0.6) is 0 Å². The zero-order chi connectivity index (χ0) is 16.8. The van der Waals surface area contributed by atoms with Crippen LogP contribution in [0.2, 0.25) is 0 Å². The van der Waals surface area contributed by atoms with E-state index in [0.717, 1.165) is 39.1 Å². The third kappa shape index (κ3) is 2.40. The van der Waals surface area contributed by atoms with Crippen molar-refractivity contribution in [1.82, 2.24) is 15.1 Å². The Morgan fingerprint density at radius 3 is 1.92 bits per heavy atom. The quantitative estimate of drug-likeness (QED) is 0.916. The maximum Gasteiger partial charge on any atom is 0.237 e. The van der Waals surface area contributed by atoms with Crippen LogP contribution in [0.1, 0.15) is 23.6 Å². The van der Waals surface area contributed by atoms with Crippen molar-refractivity contribution in [3.05, 3.63) is 59.7 Å². The molecule has 4 heteroatoms. The molecule has 0 saturated carbocycles. The fourth-order valence-corrected chi connectivity index (χ4v) is 4.76. The number of rotatable bonds is 2. The first kappa shape index (κ1) is 15.1. The minimum atomic E-state index is 0.0882. The Hall–Kier alpha value is -2.17. The van der Waals surface area contributed by atoms with Crippen LogP contribution in [0.3, 0.4) is 0 Å². The van der Waals surface area contributed by atoms with E-state index in [0.29, 0.717) is 6.04 Å². The predicted molar refractivity (Wildman–Crippen MR) is 98.3 cm³/mol. The molecule has 25 heavy (non-hydrogen) atoms. The first-order valence-electron chi connectivity index (χ1n) is 9.27. The van der Waals surface area contributed by atoms with Crippen molar-refractivity contribution in [2.24, 2.45) is 0 Å². The molecule has 1 atom stereocenters. The van der Waals surface area contributed by atoms with E-state index in [1.807, 2.05) is 0 Å². The van der Waals surface area contributed by atoms with Crippen molar-refractivity contribution in [1.29, 1.82) is 0 Å². The number of amides is 1. The molecule has 2 saturated heterocycles. The van der Waals surface area contributed by atoms with E-state index in [1.54, 1.807) is 0 Å². The Morgan fingerprint density at radius 2 is 1.36 bits per heavy atom. The number of nitrogens with zero attached hydrogens (tertiary/aromatic N) is 2. The molecule has 0 radical (unpaired) electrons. The van der Waals surface area contributed by atoms with Gasteiger partial charge in [-0.15, -0.1) is 0 Å². The second-order valence-electron chi connectivity index (χ2n) is 7.24. The largest absolute Gasteiger partial charge is 0.355 e. The van der Waals surface area contributed by atoms with Gasteiger partial charge in [-0.05, 0) is 28.7 Å². The third-order valence-corrected chi connectivity index (χ3v) is 5.98. The van der Waals surface area contributed by atoms with Crippen molar-refractivity contribution in [3.63, 3.8) is 0 Å². The molecule has 2 aromatic carbocycles. The number of nitrogens with one attached hydrogen (secondary N) is 1. The van der Waals surface area contributed by atoms with E-state index in [-0.39, 0.29) is 11.9 Å². The van der Waals surface area contributed by atoms with Gasteiger partial charge in [-0.25, -0.2) is 0 Å². The number of carbonyl (C=O) groups excluding carboxylic acids is 1. The lowest BCUT2D eigenvalue weighted by Crippen LogP contribution is -2.52. The molecular formula is C21H23N3O. The molecule has 128 valence electrons. The number of piperazine rings is 1. The summed E-state index contributed by atoms with van der Waals surface area (Å²) in [4.78, 5) is 16.9. The van der Waals surface area contributed by atoms with Gasteiger partial charge in [-0.3, -0.25) is 14.6 Å². The molecule has 1 aliphatic carbocycles. The summed E-state index contributed by atoms with van der Waals surface area (Å²) in [5.41, 5.74) is 5.60. The summed E-state index contributed by atoms with van der Waals surface area (Å²) >= 11 is 0. The van der Waals surface area contributed by atoms with Gasteiger partial charge in [0.2, 0.25) is 5.91 Å². The third-order valence-electron chi connectivity index (χ3n) is 5.98. The van der Waals surface area contributed by atoms with E-state index in [2.05, 4.69) is 63.6 Å². The SMILES string of the molecule is O=C1NCC[C@@H]1N1CCN(C2c3ccccc3-c3ccccc32)CC1. The van der Waals surface area contributed by atoms with Crippen LogP contribution in [0.4, 0.5) is 0 Å². The van der Waals surface area contributed by atoms with Crippen LogP contribution in [0.15, 0.2) is 48.5 Å². The lowest BCUT2D eigenvalue weighted by molar-refractivity contribution is -0.124. The summed E-state index contributed by atoms with van der Waals surface area (Å²) in [6.45, 7) is 4.79. The van der Waals surface area contributed by atoms with Gasteiger partial charge < -0.3 is 5.32 Å². The highest BCUT2D eigenvalue weighted by atomic mass is 16.2. The fraction of sp³-hybridized carbons (Fsp3) is 0.381. The summed E-state index contributed by atoms with van der Waals surface area (Å²) in [5.74, 6) is 0.213. The summed E-state index contributed by atoms with van der Waals surface area (Å²) in [6, 6.07) is 18.0. The van der Waals surface area contributed by atoms with Crippen LogP contribution < -0.4 is 5.32 Å². The van der Waals surface area contributed by atoms with E-state index >= 15 is 0 Å². The normalized spacial score (nSPS) is 24.2. The van der Waals surface area contributed by atoms with E-state index in [1.165, 1.54) is 22.3 Å². The molecule has 0 unspecified atom stereocenters. The number of fused-ring (bicyclic) bond motifs is 3. The minimum Gasteiger partial charge on any atom is -0.355 e. The summed E-state index contributed by atoms with van der Waals surface area (Å²) in [5, 5.41) is 2.97. The number of carbonyl (C=O) groups is 1. The van der Waals surface area contributed by atoms with Gasteiger partial charge in [0.25, 0.3) is 0 Å². The topological polar surface area (TPSA) is 35.6 Å². The molecule has 2 heterocycles. The van der Waals surface area contributed by atoms with E-state index < -0.39 is 0 Å². The second kappa shape index (κ2) is 5.97. The molecule has 0 spiro atoms. The van der Waals surface area contributed by atoms with Crippen molar-refractivity contribution in [2.75, 3.05) is 32.7 Å². The molecular weight excluding hydrogens is 310 g/mol. The molecule has 1 N–H and O–H groups in total. The summed E-state index contributed by atoms with van der Waals surface area (Å²) in [7, 11) is 0. The van der Waals surface area contributed by atoms with Gasteiger partial charge >= 0.3 is 0 Å². The number of hydrogen-bond donors (Lipinski definition) is 1. The lowest BCUT2D eigenvalue weighted by Gasteiger charge is -2.40. The highest BCUT2D eigenvalue weighted by Crippen LogP contribution is 2.46. The first-order chi connectivity index (χ1) is 12.3. The molecule has 5 rings (SSSR count). The molecule has 1 amide bonds. The smallest absolute Gasteiger partial charge is 0.237 e.